The highest BCUT2D eigenvalue weighted by Gasteiger charge is 2.43. The Kier molecular flexibility index (Phi) is 4.12. The van der Waals surface area contributed by atoms with Crippen molar-refractivity contribution in [3.05, 3.63) is 71.5 Å². The van der Waals surface area contributed by atoms with Gasteiger partial charge in [0.25, 0.3) is 0 Å². The van der Waals surface area contributed by atoms with Crippen molar-refractivity contribution >= 4 is 32.8 Å². The van der Waals surface area contributed by atoms with Gasteiger partial charge in [0, 0.05) is 34.0 Å². The average Bonchev–Trinajstić information content (AvgIpc) is 3.16. The topological polar surface area (TPSA) is 29.9 Å². The molecule has 3 heteroatoms. The highest BCUT2D eigenvalue weighted by atomic mass is 16.3. The minimum Gasteiger partial charge on any atom is -0.453 e. The predicted molar refractivity (Wildman–Crippen MR) is 136 cm³/mol. The van der Waals surface area contributed by atoms with Crippen molar-refractivity contribution < 1.29 is 8.98 Å². The molecule has 3 aromatic heterocycles. The molecule has 0 aliphatic heterocycles. The van der Waals surface area contributed by atoms with Gasteiger partial charge in [0.05, 0.1) is 5.56 Å². The van der Waals surface area contributed by atoms with Crippen LogP contribution in [0.25, 0.3) is 44.1 Å². The summed E-state index contributed by atoms with van der Waals surface area (Å²) in [6.45, 7) is 11.8. The van der Waals surface area contributed by atoms with E-state index in [0.717, 1.165) is 32.8 Å². The number of hydrogen-bond acceptors (Lipinski definition) is 2. The van der Waals surface area contributed by atoms with Gasteiger partial charge in [-0.15, -0.1) is 0 Å². The summed E-state index contributed by atoms with van der Waals surface area (Å²) < 4.78 is 9.02. The zero-order chi connectivity index (χ0) is 23.1. The van der Waals surface area contributed by atoms with Crippen LogP contribution in [-0.2, 0) is 17.9 Å². The van der Waals surface area contributed by atoms with Gasteiger partial charge in [-0.1, -0.05) is 58.0 Å². The van der Waals surface area contributed by atoms with Gasteiger partial charge < -0.3 is 4.42 Å². The summed E-state index contributed by atoms with van der Waals surface area (Å²) in [5.74, 6) is 0. The van der Waals surface area contributed by atoms with Gasteiger partial charge in [-0.2, -0.15) is 0 Å². The first kappa shape index (κ1) is 20.4. The lowest BCUT2D eigenvalue weighted by atomic mass is 9.62. The van der Waals surface area contributed by atoms with E-state index in [2.05, 4.69) is 88.8 Å². The summed E-state index contributed by atoms with van der Waals surface area (Å²) in [4.78, 5) is 4.82. The molecule has 0 saturated carbocycles. The molecule has 3 nitrogen and oxygen atoms in total. The third-order valence-corrected chi connectivity index (χ3v) is 7.92. The maximum absolute atomic E-state index is 6.72. The van der Waals surface area contributed by atoms with E-state index in [1.165, 1.54) is 40.8 Å². The smallest absolute Gasteiger partial charge is 0.220 e. The summed E-state index contributed by atoms with van der Waals surface area (Å²) >= 11 is 0. The van der Waals surface area contributed by atoms with Crippen molar-refractivity contribution in [2.24, 2.45) is 7.05 Å². The van der Waals surface area contributed by atoms with Crippen molar-refractivity contribution in [2.75, 3.05) is 0 Å². The van der Waals surface area contributed by atoms with Crippen LogP contribution in [0.1, 0.15) is 57.2 Å². The van der Waals surface area contributed by atoms with Crippen molar-refractivity contribution in [3.63, 3.8) is 0 Å². The van der Waals surface area contributed by atoms with Crippen molar-refractivity contribution in [3.8, 4) is 11.3 Å². The van der Waals surface area contributed by atoms with E-state index in [4.69, 9.17) is 9.40 Å². The van der Waals surface area contributed by atoms with E-state index in [1.54, 1.807) is 0 Å². The molecule has 0 atom stereocenters. The number of aromatic nitrogens is 2. The molecular formula is C30H31N2O+. The van der Waals surface area contributed by atoms with Crippen LogP contribution in [0.3, 0.4) is 0 Å². The van der Waals surface area contributed by atoms with Gasteiger partial charge in [-0.3, -0.25) is 4.98 Å². The van der Waals surface area contributed by atoms with Crippen LogP contribution in [0.2, 0.25) is 0 Å². The minimum atomic E-state index is 0.0881. The molecule has 0 fully saturated rings. The number of aryl methyl sites for hydroxylation is 2. The summed E-state index contributed by atoms with van der Waals surface area (Å²) in [5.41, 5.74) is 9.62. The van der Waals surface area contributed by atoms with Crippen molar-refractivity contribution in [1.82, 2.24) is 4.98 Å². The van der Waals surface area contributed by atoms with E-state index in [1.807, 2.05) is 12.3 Å². The zero-order valence-electron chi connectivity index (χ0n) is 20.4. The van der Waals surface area contributed by atoms with Crippen molar-refractivity contribution in [1.29, 1.82) is 0 Å². The van der Waals surface area contributed by atoms with E-state index in [-0.39, 0.29) is 10.8 Å². The summed E-state index contributed by atoms with van der Waals surface area (Å²) in [5, 5.41) is 3.30. The lowest BCUT2D eigenvalue weighted by Crippen LogP contribution is -2.41. The van der Waals surface area contributed by atoms with E-state index in [9.17, 15) is 0 Å². The Hall–Kier alpha value is -3.20. The normalized spacial score (nSPS) is 17.0. The van der Waals surface area contributed by atoms with Crippen LogP contribution in [-0.4, -0.2) is 4.98 Å². The number of benzene rings is 2. The Morgan fingerprint density at radius 1 is 0.879 bits per heavy atom. The number of pyridine rings is 2. The molecule has 0 unspecified atom stereocenters. The SMILES string of the molecule is Cc1ccc2c(oc3c4ccccc4cnc23)c1-c1c2c(cc[n+]1C)C(C)(C)CCC2(C)C. The lowest BCUT2D eigenvalue weighted by molar-refractivity contribution is -0.661. The first-order valence-corrected chi connectivity index (χ1v) is 11.9. The Morgan fingerprint density at radius 2 is 1.64 bits per heavy atom. The Morgan fingerprint density at radius 3 is 2.45 bits per heavy atom. The maximum atomic E-state index is 6.72. The van der Waals surface area contributed by atoms with Gasteiger partial charge in [-0.05, 0) is 47.8 Å². The number of hydrogen-bond donors (Lipinski definition) is 0. The molecule has 0 amide bonds. The molecular weight excluding hydrogens is 404 g/mol. The quantitative estimate of drug-likeness (QED) is 0.259. The zero-order valence-corrected chi connectivity index (χ0v) is 20.4. The second-order valence-electron chi connectivity index (χ2n) is 11.1. The Balaban J connectivity index is 1.78. The molecule has 0 saturated heterocycles. The van der Waals surface area contributed by atoms with Crippen LogP contribution in [0, 0.1) is 6.92 Å². The van der Waals surface area contributed by atoms with E-state index >= 15 is 0 Å². The Bertz CT molecular complexity index is 1590. The molecule has 0 N–H and O–H groups in total. The number of rotatable bonds is 1. The fourth-order valence-corrected chi connectivity index (χ4v) is 5.88. The molecule has 3 heterocycles. The van der Waals surface area contributed by atoms with Gasteiger partial charge >= 0.3 is 0 Å². The lowest BCUT2D eigenvalue weighted by Gasteiger charge is -2.41. The van der Waals surface area contributed by atoms with Gasteiger partial charge in [-0.25, -0.2) is 4.57 Å². The molecule has 166 valence electrons. The fourth-order valence-electron chi connectivity index (χ4n) is 5.88. The number of nitrogens with zero attached hydrogens (tertiary/aromatic N) is 2. The standard InChI is InChI=1S/C30H31N2O/c1-18-11-12-21-25-28(20-10-8-7-9-19(20)17-31-25)33-27(21)23(18)26-24-22(13-16-32(26)6)29(2,3)14-15-30(24,4)5/h7-13,16-17H,14-15H2,1-6H3/q+1. The fraction of sp³-hybridized carbons (Fsp3) is 0.333. The molecule has 2 aromatic carbocycles. The highest BCUT2D eigenvalue weighted by Crippen LogP contribution is 2.50. The molecule has 0 spiro atoms. The second-order valence-corrected chi connectivity index (χ2v) is 11.1. The third kappa shape index (κ3) is 2.81. The molecule has 6 rings (SSSR count). The largest absolute Gasteiger partial charge is 0.453 e. The van der Waals surface area contributed by atoms with Crippen LogP contribution in [0.15, 0.2) is 59.3 Å². The van der Waals surface area contributed by atoms with E-state index < -0.39 is 0 Å². The van der Waals surface area contributed by atoms with Gasteiger partial charge in [0.15, 0.2) is 17.4 Å². The predicted octanol–water partition coefficient (Wildman–Crippen LogP) is 7.28. The first-order valence-electron chi connectivity index (χ1n) is 11.9. The number of furan rings is 1. The van der Waals surface area contributed by atoms with Crippen LogP contribution < -0.4 is 4.57 Å². The number of fused-ring (bicyclic) bond motifs is 6. The third-order valence-electron chi connectivity index (χ3n) is 7.92. The summed E-state index contributed by atoms with van der Waals surface area (Å²) in [6.07, 6.45) is 6.56. The average molecular weight is 436 g/mol. The molecule has 1 aliphatic rings. The van der Waals surface area contributed by atoms with Crippen molar-refractivity contribution in [2.45, 2.75) is 58.3 Å². The van der Waals surface area contributed by atoms with Gasteiger partial charge in [0.1, 0.15) is 12.6 Å². The minimum absolute atomic E-state index is 0.0881. The van der Waals surface area contributed by atoms with E-state index in [0.29, 0.717) is 0 Å². The molecule has 5 aromatic rings. The second kappa shape index (κ2) is 6.66. The summed E-state index contributed by atoms with van der Waals surface area (Å²) in [6, 6.07) is 15.1. The van der Waals surface area contributed by atoms with Crippen LogP contribution >= 0.6 is 0 Å². The molecule has 0 radical (unpaired) electrons. The Labute approximate surface area is 195 Å². The molecule has 33 heavy (non-hydrogen) atoms. The maximum Gasteiger partial charge on any atom is 0.220 e. The summed E-state index contributed by atoms with van der Waals surface area (Å²) in [7, 11) is 2.17. The molecule has 1 aliphatic carbocycles. The molecule has 0 bridgehead atoms. The highest BCUT2D eigenvalue weighted by molar-refractivity contribution is 6.15. The van der Waals surface area contributed by atoms with Gasteiger partial charge in [0.2, 0.25) is 5.69 Å². The van der Waals surface area contributed by atoms with Crippen LogP contribution in [0.5, 0.6) is 0 Å². The first-order chi connectivity index (χ1) is 15.7. The van der Waals surface area contributed by atoms with Crippen LogP contribution in [0.4, 0.5) is 0 Å². The monoisotopic (exact) mass is 435 g/mol.